The van der Waals surface area contributed by atoms with Crippen molar-refractivity contribution in [2.75, 3.05) is 17.1 Å². The predicted molar refractivity (Wildman–Crippen MR) is 103 cm³/mol. The number of carbonyl (C=O) groups excluding carboxylic acids is 1. The number of hydrogen-bond acceptors (Lipinski definition) is 6. The molecule has 0 saturated heterocycles. The monoisotopic (exact) mass is 402 g/mol. The molecule has 28 heavy (non-hydrogen) atoms. The Morgan fingerprint density at radius 3 is 2.54 bits per heavy atom. The van der Waals surface area contributed by atoms with Crippen LogP contribution in [0.5, 0.6) is 11.5 Å². The number of anilines is 2. The number of amides is 1. The molecular formula is C19H18N2O6S. The van der Waals surface area contributed by atoms with E-state index in [0.717, 1.165) is 0 Å². The van der Waals surface area contributed by atoms with Crippen molar-refractivity contribution in [3.8, 4) is 11.5 Å². The van der Waals surface area contributed by atoms with Crippen LogP contribution in [0, 0.1) is 6.92 Å². The van der Waals surface area contributed by atoms with E-state index in [9.17, 15) is 18.3 Å². The number of rotatable bonds is 6. The lowest BCUT2D eigenvalue weighted by Crippen LogP contribution is -2.15. The molecule has 8 nitrogen and oxygen atoms in total. The maximum Gasteiger partial charge on any atom is 0.262 e. The molecule has 1 aromatic heterocycles. The molecule has 9 heteroatoms. The molecule has 2 aromatic carbocycles. The topological polar surface area (TPSA) is 118 Å². The zero-order valence-corrected chi connectivity index (χ0v) is 15.9. The number of nitrogens with one attached hydrogen (secondary N) is 2. The van der Waals surface area contributed by atoms with E-state index >= 15 is 0 Å². The molecule has 3 rings (SSSR count). The molecule has 3 N–H and O–H groups in total. The molecule has 0 saturated carbocycles. The summed E-state index contributed by atoms with van der Waals surface area (Å²) >= 11 is 0. The fourth-order valence-corrected chi connectivity index (χ4v) is 3.62. The summed E-state index contributed by atoms with van der Waals surface area (Å²) in [6.07, 6.45) is 1.36. The van der Waals surface area contributed by atoms with Crippen LogP contribution in [0.4, 0.5) is 11.4 Å². The third kappa shape index (κ3) is 3.94. The molecule has 146 valence electrons. The first-order valence-electron chi connectivity index (χ1n) is 8.16. The van der Waals surface area contributed by atoms with Crippen molar-refractivity contribution in [3.63, 3.8) is 0 Å². The lowest BCUT2D eigenvalue weighted by atomic mass is 10.2. The molecular weight excluding hydrogens is 384 g/mol. The lowest BCUT2D eigenvalue weighted by molar-refractivity contribution is 0.102. The highest BCUT2D eigenvalue weighted by molar-refractivity contribution is 7.92. The van der Waals surface area contributed by atoms with Gasteiger partial charge in [-0.25, -0.2) is 8.42 Å². The van der Waals surface area contributed by atoms with E-state index in [1.165, 1.54) is 37.6 Å². The average molecular weight is 402 g/mol. The molecule has 0 aliphatic rings. The van der Waals surface area contributed by atoms with Gasteiger partial charge in [-0.15, -0.1) is 0 Å². The number of phenols is 1. The van der Waals surface area contributed by atoms with Gasteiger partial charge in [-0.2, -0.15) is 0 Å². The Bertz CT molecular complexity index is 1120. The SMILES string of the molecule is COc1ccccc1NS(=O)(=O)c1ccc(O)c(NC(=O)c2ccoc2C)c1. The maximum absolute atomic E-state index is 12.7. The van der Waals surface area contributed by atoms with Gasteiger partial charge in [0, 0.05) is 0 Å². The Kier molecular flexibility index (Phi) is 5.27. The zero-order valence-electron chi connectivity index (χ0n) is 15.1. The third-order valence-corrected chi connectivity index (χ3v) is 5.34. The Morgan fingerprint density at radius 1 is 1.11 bits per heavy atom. The zero-order chi connectivity index (χ0) is 20.3. The van der Waals surface area contributed by atoms with Gasteiger partial charge in [0.15, 0.2) is 0 Å². The van der Waals surface area contributed by atoms with Gasteiger partial charge in [0.05, 0.1) is 35.2 Å². The van der Waals surface area contributed by atoms with Gasteiger partial charge in [-0.05, 0) is 43.3 Å². The Morgan fingerprint density at radius 2 is 1.86 bits per heavy atom. The number of aromatic hydroxyl groups is 1. The van der Waals surface area contributed by atoms with E-state index < -0.39 is 15.9 Å². The second-order valence-electron chi connectivity index (χ2n) is 5.83. The van der Waals surface area contributed by atoms with Crippen molar-refractivity contribution >= 4 is 27.3 Å². The van der Waals surface area contributed by atoms with Crippen molar-refractivity contribution in [2.45, 2.75) is 11.8 Å². The van der Waals surface area contributed by atoms with Crippen molar-refractivity contribution < 1.29 is 27.5 Å². The van der Waals surface area contributed by atoms with Crippen molar-refractivity contribution in [2.24, 2.45) is 0 Å². The molecule has 1 amide bonds. The number of methoxy groups -OCH3 is 1. The molecule has 0 fully saturated rings. The number of benzene rings is 2. The van der Waals surface area contributed by atoms with Gasteiger partial charge in [-0.1, -0.05) is 12.1 Å². The number of carbonyl (C=O) groups is 1. The summed E-state index contributed by atoms with van der Waals surface area (Å²) in [5.41, 5.74) is 0.492. The van der Waals surface area contributed by atoms with Gasteiger partial charge in [-0.3, -0.25) is 9.52 Å². The number of hydrogen-bond donors (Lipinski definition) is 3. The van der Waals surface area contributed by atoms with Crippen LogP contribution in [0.25, 0.3) is 0 Å². The smallest absolute Gasteiger partial charge is 0.262 e. The van der Waals surface area contributed by atoms with E-state index in [0.29, 0.717) is 11.5 Å². The summed E-state index contributed by atoms with van der Waals surface area (Å²) in [7, 11) is -2.56. The minimum absolute atomic E-state index is 0.0477. The first-order chi connectivity index (χ1) is 13.3. The summed E-state index contributed by atoms with van der Waals surface area (Å²) in [4.78, 5) is 12.2. The van der Waals surface area contributed by atoms with Crippen LogP contribution in [0.15, 0.2) is 64.1 Å². The highest BCUT2D eigenvalue weighted by atomic mass is 32.2. The Labute approximate surface area is 161 Å². The molecule has 0 aliphatic heterocycles. The molecule has 0 unspecified atom stereocenters. The Hall–Kier alpha value is -3.46. The van der Waals surface area contributed by atoms with Crippen molar-refractivity contribution in [3.05, 3.63) is 66.1 Å². The predicted octanol–water partition coefficient (Wildman–Crippen LogP) is 3.36. The fourth-order valence-electron chi connectivity index (χ4n) is 2.53. The maximum atomic E-state index is 12.7. The van der Waals surface area contributed by atoms with Gasteiger partial charge >= 0.3 is 0 Å². The molecule has 0 spiro atoms. The number of ether oxygens (including phenoxy) is 1. The quantitative estimate of drug-likeness (QED) is 0.544. The van der Waals surface area contributed by atoms with Gasteiger partial charge in [0.1, 0.15) is 17.3 Å². The van der Waals surface area contributed by atoms with Crippen LogP contribution in [-0.2, 0) is 10.0 Å². The number of phenolic OH excluding ortho intramolecular Hbond substituents is 1. The van der Waals surface area contributed by atoms with Crippen LogP contribution in [0.2, 0.25) is 0 Å². The van der Waals surface area contributed by atoms with Gasteiger partial charge in [0.25, 0.3) is 15.9 Å². The molecule has 0 aliphatic carbocycles. The van der Waals surface area contributed by atoms with E-state index in [2.05, 4.69) is 10.0 Å². The summed E-state index contributed by atoms with van der Waals surface area (Å²) in [5, 5.41) is 12.5. The van der Waals surface area contributed by atoms with E-state index in [1.54, 1.807) is 31.2 Å². The van der Waals surface area contributed by atoms with Crippen LogP contribution in [0.3, 0.4) is 0 Å². The third-order valence-electron chi connectivity index (χ3n) is 3.98. The summed E-state index contributed by atoms with van der Waals surface area (Å²) < 4.78 is 38.1. The highest BCUT2D eigenvalue weighted by Crippen LogP contribution is 2.30. The molecule has 0 atom stereocenters. The van der Waals surface area contributed by atoms with Crippen LogP contribution < -0.4 is 14.8 Å². The fraction of sp³-hybridized carbons (Fsp3) is 0.105. The number of para-hydroxylation sites is 2. The van der Waals surface area contributed by atoms with E-state index in [4.69, 9.17) is 9.15 Å². The highest BCUT2D eigenvalue weighted by Gasteiger charge is 2.20. The first kappa shape index (κ1) is 19.3. The first-order valence-corrected chi connectivity index (χ1v) is 9.64. The minimum Gasteiger partial charge on any atom is -0.506 e. The van der Waals surface area contributed by atoms with E-state index in [-0.39, 0.29) is 27.6 Å². The number of sulfonamides is 1. The van der Waals surface area contributed by atoms with Crippen LogP contribution in [0.1, 0.15) is 16.1 Å². The standard InChI is InChI=1S/C19H18N2O6S/c1-12-14(9-10-27-12)19(23)20-16-11-13(7-8-17(16)22)28(24,25)21-15-5-3-4-6-18(15)26-2/h3-11,21-22H,1-2H3,(H,20,23). The normalized spacial score (nSPS) is 11.1. The average Bonchev–Trinajstić information content (AvgIpc) is 3.09. The number of aryl methyl sites for hydroxylation is 1. The summed E-state index contributed by atoms with van der Waals surface area (Å²) in [6, 6.07) is 11.6. The second-order valence-corrected chi connectivity index (χ2v) is 7.51. The molecule has 0 radical (unpaired) electrons. The molecule has 3 aromatic rings. The van der Waals surface area contributed by atoms with Crippen molar-refractivity contribution in [1.82, 2.24) is 0 Å². The number of furan rings is 1. The van der Waals surface area contributed by atoms with Crippen molar-refractivity contribution in [1.29, 1.82) is 0 Å². The lowest BCUT2D eigenvalue weighted by Gasteiger charge is -2.13. The summed E-state index contributed by atoms with van der Waals surface area (Å²) in [6.45, 7) is 1.62. The van der Waals surface area contributed by atoms with Gasteiger partial charge < -0.3 is 19.6 Å². The molecule has 0 bridgehead atoms. The second kappa shape index (κ2) is 7.65. The van der Waals surface area contributed by atoms with Crippen LogP contribution in [-0.4, -0.2) is 26.5 Å². The van der Waals surface area contributed by atoms with Crippen LogP contribution >= 0.6 is 0 Å². The Balaban J connectivity index is 1.89. The van der Waals surface area contributed by atoms with Gasteiger partial charge in [0.2, 0.25) is 0 Å². The molecule has 1 heterocycles. The minimum atomic E-state index is -3.99. The van der Waals surface area contributed by atoms with E-state index in [1.807, 2.05) is 0 Å². The summed E-state index contributed by atoms with van der Waals surface area (Å²) in [5.74, 6) is -0.0491. The largest absolute Gasteiger partial charge is 0.506 e.